The predicted molar refractivity (Wildman–Crippen MR) is 115 cm³/mol. The van der Waals surface area contributed by atoms with Crippen molar-refractivity contribution in [1.29, 1.82) is 0 Å². The van der Waals surface area contributed by atoms with E-state index < -0.39 is 42.8 Å². The summed E-state index contributed by atoms with van der Waals surface area (Å²) in [6.45, 7) is 2.46. The van der Waals surface area contributed by atoms with Crippen LogP contribution in [-0.2, 0) is 14.3 Å². The minimum atomic E-state index is -1.39. The number of carboxylic acids is 1. The number of fused-ring (bicyclic) bond motifs is 1. The lowest BCUT2D eigenvalue weighted by Gasteiger charge is -2.17. The molecule has 10 heteroatoms. The second-order valence-corrected chi connectivity index (χ2v) is 6.61. The maximum Gasteiger partial charge on any atom is 0.408 e. The fourth-order valence-electron chi connectivity index (χ4n) is 2.77. The lowest BCUT2D eigenvalue weighted by Crippen LogP contribution is -2.44. The summed E-state index contributed by atoms with van der Waals surface area (Å²) in [5, 5.41) is 24.2. The molecule has 0 aliphatic carbocycles. The highest BCUT2D eigenvalue weighted by Gasteiger charge is 2.25. The molecule has 170 valence electrons. The van der Waals surface area contributed by atoms with E-state index in [1.165, 1.54) is 6.08 Å². The number of carboxylic acid groups (broad SMARTS) is 1. The number of aliphatic hydroxyl groups is 1. The minimum Gasteiger partial charge on any atom is -0.485 e. The minimum absolute atomic E-state index is 0.0292. The first-order valence-electron chi connectivity index (χ1n) is 9.69. The molecule has 0 fully saturated rings. The first kappa shape index (κ1) is 24.4. The zero-order valence-electron chi connectivity index (χ0n) is 17.2. The maximum absolute atomic E-state index is 12.6. The Bertz CT molecular complexity index is 1000. The van der Waals surface area contributed by atoms with Gasteiger partial charge in [-0.05, 0) is 22.9 Å². The Morgan fingerprint density at radius 1 is 1.12 bits per heavy atom. The van der Waals surface area contributed by atoms with Crippen LogP contribution in [0, 0.1) is 0 Å². The average Bonchev–Trinajstić information content (AvgIpc) is 2.78. The molecule has 0 spiro atoms. The van der Waals surface area contributed by atoms with Gasteiger partial charge in [0.25, 0.3) is 5.91 Å². The van der Waals surface area contributed by atoms with Crippen LogP contribution >= 0.6 is 0 Å². The second-order valence-electron chi connectivity index (χ2n) is 6.61. The molecule has 2 amide bonds. The molecule has 2 aromatic rings. The molecule has 0 saturated heterocycles. The molecule has 0 heterocycles. The van der Waals surface area contributed by atoms with E-state index in [0.29, 0.717) is 0 Å². The molecule has 32 heavy (non-hydrogen) atoms. The van der Waals surface area contributed by atoms with Crippen molar-refractivity contribution in [3.05, 3.63) is 54.6 Å². The van der Waals surface area contributed by atoms with E-state index in [4.69, 9.17) is 19.7 Å². The third-order valence-corrected chi connectivity index (χ3v) is 4.25. The van der Waals surface area contributed by atoms with Crippen LogP contribution in [0.1, 0.15) is 16.8 Å². The Morgan fingerprint density at radius 2 is 1.81 bits per heavy atom. The fourth-order valence-corrected chi connectivity index (χ4v) is 2.77. The molecule has 1 unspecified atom stereocenters. The Balaban J connectivity index is 2.21. The smallest absolute Gasteiger partial charge is 0.408 e. The summed E-state index contributed by atoms with van der Waals surface area (Å²) in [5.74, 6) is -2.45. The van der Waals surface area contributed by atoms with Crippen LogP contribution in [0.5, 0.6) is 5.75 Å². The van der Waals surface area contributed by atoms with Crippen LogP contribution < -0.4 is 15.4 Å². The van der Waals surface area contributed by atoms with Crippen molar-refractivity contribution in [2.24, 2.45) is 0 Å². The van der Waals surface area contributed by atoms with Gasteiger partial charge in [-0.2, -0.15) is 0 Å². The average molecular weight is 444 g/mol. The number of carbonyl (C=O) groups excluding carboxylic acids is 3. The number of ketones is 1. The molecule has 1 atom stereocenters. The lowest BCUT2D eigenvalue weighted by molar-refractivity contribution is -0.139. The summed E-state index contributed by atoms with van der Waals surface area (Å²) in [7, 11) is 0. The third-order valence-electron chi connectivity index (χ3n) is 4.25. The zero-order valence-corrected chi connectivity index (χ0v) is 17.2. The SMILES string of the molecule is C=CCOC(=O)NC(CC(=O)O)C(=O)COc1cc2ccccc2cc1C(=O)NCCO. The molecule has 10 nitrogen and oxygen atoms in total. The molecule has 0 bridgehead atoms. The number of aliphatic carboxylic acids is 1. The van der Waals surface area contributed by atoms with Crippen LogP contribution in [-0.4, -0.2) is 66.4 Å². The van der Waals surface area contributed by atoms with Crippen molar-refractivity contribution < 1.29 is 38.9 Å². The number of hydrogen-bond donors (Lipinski definition) is 4. The molecular weight excluding hydrogens is 420 g/mol. The van der Waals surface area contributed by atoms with E-state index in [9.17, 15) is 19.2 Å². The van der Waals surface area contributed by atoms with Gasteiger partial charge in [-0.15, -0.1) is 0 Å². The van der Waals surface area contributed by atoms with Gasteiger partial charge in [-0.1, -0.05) is 36.9 Å². The summed E-state index contributed by atoms with van der Waals surface area (Å²) >= 11 is 0. The van der Waals surface area contributed by atoms with Crippen molar-refractivity contribution in [2.75, 3.05) is 26.4 Å². The summed E-state index contributed by atoms with van der Waals surface area (Å²) in [6, 6.07) is 8.96. The Labute approximate surface area is 183 Å². The molecule has 0 saturated carbocycles. The van der Waals surface area contributed by atoms with Gasteiger partial charge < -0.3 is 30.3 Å². The topological polar surface area (TPSA) is 151 Å². The molecule has 2 rings (SSSR count). The fraction of sp³-hybridized carbons (Fsp3) is 0.273. The van der Waals surface area contributed by atoms with Crippen LogP contribution in [0.4, 0.5) is 4.79 Å². The number of aliphatic hydroxyl groups excluding tert-OH is 1. The summed E-state index contributed by atoms with van der Waals surface area (Å²) in [4.78, 5) is 47.9. The molecule has 4 N–H and O–H groups in total. The number of benzene rings is 2. The van der Waals surface area contributed by atoms with Crippen molar-refractivity contribution in [2.45, 2.75) is 12.5 Å². The first-order chi connectivity index (χ1) is 15.3. The molecule has 0 aromatic heterocycles. The van der Waals surface area contributed by atoms with Gasteiger partial charge in [0.2, 0.25) is 0 Å². The van der Waals surface area contributed by atoms with Crippen LogP contribution in [0.25, 0.3) is 10.8 Å². The third kappa shape index (κ3) is 7.10. The lowest BCUT2D eigenvalue weighted by atomic mass is 10.0. The Hall–Kier alpha value is -3.92. The van der Waals surface area contributed by atoms with Gasteiger partial charge in [0.15, 0.2) is 5.78 Å². The highest BCUT2D eigenvalue weighted by molar-refractivity contribution is 6.02. The standard InChI is InChI=1S/C22H24N2O8/c1-2-9-31-22(30)24-17(12-20(27)28)18(26)13-32-19-11-15-6-4-3-5-14(15)10-16(19)21(29)23-7-8-25/h2-6,10-11,17,25H,1,7-9,12-13H2,(H,23,29)(H,24,30)(H,27,28). The van der Waals surface area contributed by atoms with E-state index in [0.717, 1.165) is 10.8 Å². The maximum atomic E-state index is 12.6. The van der Waals surface area contributed by atoms with Gasteiger partial charge in [-0.25, -0.2) is 4.79 Å². The quantitative estimate of drug-likeness (QED) is 0.357. The predicted octanol–water partition coefficient (Wildman–Crippen LogP) is 1.27. The van der Waals surface area contributed by atoms with E-state index >= 15 is 0 Å². The van der Waals surface area contributed by atoms with Gasteiger partial charge in [0.05, 0.1) is 18.6 Å². The number of ether oxygens (including phenoxy) is 2. The van der Waals surface area contributed by atoms with Crippen LogP contribution in [0.3, 0.4) is 0 Å². The Morgan fingerprint density at radius 3 is 2.44 bits per heavy atom. The largest absolute Gasteiger partial charge is 0.485 e. The van der Waals surface area contributed by atoms with E-state index in [2.05, 4.69) is 17.2 Å². The van der Waals surface area contributed by atoms with E-state index in [-0.39, 0.29) is 31.1 Å². The Kier molecular flexibility index (Phi) is 9.18. The summed E-state index contributed by atoms with van der Waals surface area (Å²) < 4.78 is 10.3. The second kappa shape index (κ2) is 12.1. The highest BCUT2D eigenvalue weighted by Crippen LogP contribution is 2.26. The monoisotopic (exact) mass is 444 g/mol. The number of Topliss-reactive ketones (excluding diaryl/α,β-unsaturated/α-hetero) is 1. The normalized spacial score (nSPS) is 11.3. The van der Waals surface area contributed by atoms with Crippen LogP contribution in [0.15, 0.2) is 49.1 Å². The molecular formula is C22H24N2O8. The van der Waals surface area contributed by atoms with Crippen LogP contribution in [0.2, 0.25) is 0 Å². The summed E-state index contributed by atoms with van der Waals surface area (Å²) in [6.07, 6.45) is -0.327. The molecule has 0 aliphatic rings. The van der Waals surface area contributed by atoms with E-state index in [1.807, 2.05) is 0 Å². The van der Waals surface area contributed by atoms with Gasteiger partial charge in [0.1, 0.15) is 25.0 Å². The highest BCUT2D eigenvalue weighted by atomic mass is 16.5. The zero-order chi connectivity index (χ0) is 23.5. The number of alkyl carbamates (subject to hydrolysis) is 1. The van der Waals surface area contributed by atoms with Crippen molar-refractivity contribution in [3.63, 3.8) is 0 Å². The number of carbonyl (C=O) groups is 4. The van der Waals surface area contributed by atoms with Crippen molar-refractivity contribution in [3.8, 4) is 5.75 Å². The van der Waals surface area contributed by atoms with Crippen molar-refractivity contribution >= 4 is 34.5 Å². The molecule has 0 aliphatic heterocycles. The first-order valence-corrected chi connectivity index (χ1v) is 9.69. The van der Waals surface area contributed by atoms with Gasteiger partial charge in [-0.3, -0.25) is 14.4 Å². The van der Waals surface area contributed by atoms with Gasteiger partial charge in [0, 0.05) is 6.54 Å². The van der Waals surface area contributed by atoms with E-state index in [1.54, 1.807) is 36.4 Å². The number of amides is 2. The van der Waals surface area contributed by atoms with Crippen molar-refractivity contribution in [1.82, 2.24) is 10.6 Å². The molecule has 2 aromatic carbocycles. The summed E-state index contributed by atoms with van der Waals surface area (Å²) in [5.41, 5.74) is 0.137. The molecule has 0 radical (unpaired) electrons. The number of nitrogens with one attached hydrogen (secondary N) is 2. The number of rotatable bonds is 12. The number of hydrogen-bond acceptors (Lipinski definition) is 7. The van der Waals surface area contributed by atoms with Gasteiger partial charge >= 0.3 is 12.1 Å².